The Labute approximate surface area is 107 Å². The van der Waals surface area contributed by atoms with Gasteiger partial charge in [0.15, 0.2) is 0 Å². The molecule has 0 saturated heterocycles. The van der Waals surface area contributed by atoms with Crippen molar-refractivity contribution in [3.63, 3.8) is 0 Å². The highest BCUT2D eigenvalue weighted by molar-refractivity contribution is 5.29. The fourth-order valence-corrected chi connectivity index (χ4v) is 1.74. The number of hydrogen-bond acceptors (Lipinski definition) is 4. The van der Waals surface area contributed by atoms with E-state index in [0.717, 1.165) is 29.3 Å². The maximum atomic E-state index is 5.75. The predicted molar refractivity (Wildman–Crippen MR) is 69.3 cm³/mol. The SMILES string of the molecule is Cc1ccc(OCc2ccn(C)n2)c(CCN)n1. The highest BCUT2D eigenvalue weighted by atomic mass is 16.5. The standard InChI is InChI=1S/C13H18N4O/c1-10-3-4-13(12(15-10)5-7-14)18-9-11-6-8-17(2)16-11/h3-4,6,8H,5,7,9,14H2,1-2H3. The second-order valence-corrected chi connectivity index (χ2v) is 4.21. The first kappa shape index (κ1) is 12.6. The molecule has 0 atom stereocenters. The molecule has 0 saturated carbocycles. The van der Waals surface area contributed by atoms with E-state index >= 15 is 0 Å². The second kappa shape index (κ2) is 5.64. The molecule has 2 heterocycles. The van der Waals surface area contributed by atoms with Gasteiger partial charge in [0.1, 0.15) is 12.4 Å². The summed E-state index contributed by atoms with van der Waals surface area (Å²) in [6.07, 6.45) is 2.62. The quantitative estimate of drug-likeness (QED) is 0.861. The molecule has 96 valence electrons. The fraction of sp³-hybridized carbons (Fsp3) is 0.385. The molecule has 0 spiro atoms. The Kier molecular flexibility index (Phi) is 3.94. The second-order valence-electron chi connectivity index (χ2n) is 4.21. The number of ether oxygens (including phenoxy) is 1. The maximum absolute atomic E-state index is 5.75. The van der Waals surface area contributed by atoms with E-state index in [0.29, 0.717) is 13.2 Å². The average Bonchev–Trinajstić information content (AvgIpc) is 2.75. The van der Waals surface area contributed by atoms with Crippen molar-refractivity contribution in [2.75, 3.05) is 6.54 Å². The zero-order valence-electron chi connectivity index (χ0n) is 10.8. The zero-order chi connectivity index (χ0) is 13.0. The van der Waals surface area contributed by atoms with Gasteiger partial charge in [-0.1, -0.05) is 0 Å². The summed E-state index contributed by atoms with van der Waals surface area (Å²) in [6.45, 7) is 2.97. The summed E-state index contributed by atoms with van der Waals surface area (Å²) in [5.41, 5.74) is 8.36. The summed E-state index contributed by atoms with van der Waals surface area (Å²) < 4.78 is 7.51. The highest BCUT2D eigenvalue weighted by Gasteiger charge is 2.06. The molecule has 5 nitrogen and oxygen atoms in total. The van der Waals surface area contributed by atoms with E-state index in [9.17, 15) is 0 Å². The lowest BCUT2D eigenvalue weighted by Crippen LogP contribution is -2.08. The van der Waals surface area contributed by atoms with E-state index in [2.05, 4.69) is 10.1 Å². The van der Waals surface area contributed by atoms with Crippen molar-refractivity contribution in [3.05, 3.63) is 41.5 Å². The van der Waals surface area contributed by atoms with Crippen LogP contribution >= 0.6 is 0 Å². The minimum Gasteiger partial charge on any atom is -0.485 e. The first-order valence-corrected chi connectivity index (χ1v) is 5.97. The Bertz CT molecular complexity index is 521. The number of pyridine rings is 1. The summed E-state index contributed by atoms with van der Waals surface area (Å²) in [4.78, 5) is 4.45. The molecular weight excluding hydrogens is 228 g/mol. The Balaban J connectivity index is 2.08. The highest BCUT2D eigenvalue weighted by Crippen LogP contribution is 2.18. The minimum atomic E-state index is 0.448. The molecule has 5 heteroatoms. The smallest absolute Gasteiger partial charge is 0.141 e. The Hall–Kier alpha value is -1.88. The molecule has 0 bridgehead atoms. The van der Waals surface area contributed by atoms with E-state index in [1.165, 1.54) is 0 Å². The van der Waals surface area contributed by atoms with E-state index in [1.54, 1.807) is 4.68 Å². The lowest BCUT2D eigenvalue weighted by atomic mass is 10.2. The molecule has 0 aliphatic rings. The van der Waals surface area contributed by atoms with Crippen LogP contribution in [0.4, 0.5) is 0 Å². The molecule has 0 radical (unpaired) electrons. The topological polar surface area (TPSA) is 66.0 Å². The van der Waals surface area contributed by atoms with E-state index in [-0.39, 0.29) is 0 Å². The van der Waals surface area contributed by atoms with Gasteiger partial charge >= 0.3 is 0 Å². The Morgan fingerprint density at radius 1 is 1.33 bits per heavy atom. The van der Waals surface area contributed by atoms with Crippen molar-refractivity contribution >= 4 is 0 Å². The van der Waals surface area contributed by atoms with Crippen LogP contribution in [0.15, 0.2) is 24.4 Å². The molecule has 0 amide bonds. The first-order valence-electron chi connectivity index (χ1n) is 5.97. The summed E-state index contributed by atoms with van der Waals surface area (Å²) in [7, 11) is 1.89. The van der Waals surface area contributed by atoms with Crippen LogP contribution in [0.1, 0.15) is 17.1 Å². The Morgan fingerprint density at radius 2 is 2.17 bits per heavy atom. The van der Waals surface area contributed by atoms with Crippen molar-refractivity contribution in [1.82, 2.24) is 14.8 Å². The van der Waals surface area contributed by atoms with Crippen LogP contribution < -0.4 is 10.5 Å². The van der Waals surface area contributed by atoms with Gasteiger partial charge in [-0.05, 0) is 31.7 Å². The van der Waals surface area contributed by atoms with Gasteiger partial charge in [-0.3, -0.25) is 9.67 Å². The normalized spacial score (nSPS) is 10.6. The van der Waals surface area contributed by atoms with Gasteiger partial charge in [0.25, 0.3) is 0 Å². The molecule has 2 N–H and O–H groups in total. The van der Waals surface area contributed by atoms with Gasteiger partial charge in [0.05, 0.1) is 11.4 Å². The molecule has 0 fully saturated rings. The number of aryl methyl sites for hydroxylation is 2. The van der Waals surface area contributed by atoms with Gasteiger partial charge in [-0.25, -0.2) is 0 Å². The van der Waals surface area contributed by atoms with Crippen molar-refractivity contribution < 1.29 is 4.74 Å². The van der Waals surface area contributed by atoms with Gasteiger partial charge in [0, 0.05) is 25.4 Å². The number of rotatable bonds is 5. The van der Waals surface area contributed by atoms with Gasteiger partial charge < -0.3 is 10.5 Å². The molecular formula is C13H18N4O. The van der Waals surface area contributed by atoms with E-state index in [1.807, 2.05) is 38.4 Å². The predicted octanol–water partition coefficient (Wildman–Crippen LogP) is 1.20. The largest absolute Gasteiger partial charge is 0.485 e. The van der Waals surface area contributed by atoms with Crippen LogP contribution in [0.25, 0.3) is 0 Å². The number of aromatic nitrogens is 3. The first-order chi connectivity index (χ1) is 8.69. The summed E-state index contributed by atoms with van der Waals surface area (Å²) in [5.74, 6) is 0.789. The monoisotopic (exact) mass is 246 g/mol. The molecule has 0 unspecified atom stereocenters. The summed E-state index contributed by atoms with van der Waals surface area (Å²) in [6, 6.07) is 5.81. The molecule has 2 rings (SSSR count). The van der Waals surface area contributed by atoms with E-state index in [4.69, 9.17) is 10.5 Å². The van der Waals surface area contributed by atoms with Crippen LogP contribution in [0.5, 0.6) is 5.75 Å². The lowest BCUT2D eigenvalue weighted by Gasteiger charge is -2.09. The third-order valence-corrected chi connectivity index (χ3v) is 2.60. The van der Waals surface area contributed by atoms with Crippen LogP contribution in [0, 0.1) is 6.92 Å². The minimum absolute atomic E-state index is 0.448. The third kappa shape index (κ3) is 3.07. The fourth-order valence-electron chi connectivity index (χ4n) is 1.74. The number of nitrogens with two attached hydrogens (primary N) is 1. The molecule has 2 aromatic heterocycles. The number of nitrogens with zero attached hydrogens (tertiary/aromatic N) is 3. The lowest BCUT2D eigenvalue weighted by molar-refractivity contribution is 0.295. The van der Waals surface area contributed by atoms with E-state index < -0.39 is 0 Å². The maximum Gasteiger partial charge on any atom is 0.141 e. The summed E-state index contributed by atoms with van der Waals surface area (Å²) in [5, 5.41) is 4.27. The zero-order valence-corrected chi connectivity index (χ0v) is 10.8. The van der Waals surface area contributed by atoms with Crippen LogP contribution in [-0.4, -0.2) is 21.3 Å². The molecule has 0 aromatic carbocycles. The average molecular weight is 246 g/mol. The van der Waals surface area contributed by atoms with Crippen LogP contribution in [0.3, 0.4) is 0 Å². The van der Waals surface area contributed by atoms with Crippen molar-refractivity contribution in [2.45, 2.75) is 20.0 Å². The van der Waals surface area contributed by atoms with Crippen LogP contribution in [-0.2, 0) is 20.1 Å². The van der Waals surface area contributed by atoms with Gasteiger partial charge in [0.2, 0.25) is 0 Å². The van der Waals surface area contributed by atoms with Crippen molar-refractivity contribution in [2.24, 2.45) is 12.8 Å². The molecule has 18 heavy (non-hydrogen) atoms. The van der Waals surface area contributed by atoms with Gasteiger partial charge in [-0.15, -0.1) is 0 Å². The van der Waals surface area contributed by atoms with Crippen molar-refractivity contribution in [1.29, 1.82) is 0 Å². The molecule has 2 aromatic rings. The third-order valence-electron chi connectivity index (χ3n) is 2.60. The Morgan fingerprint density at radius 3 is 2.83 bits per heavy atom. The summed E-state index contributed by atoms with van der Waals surface area (Å²) >= 11 is 0. The number of hydrogen-bond donors (Lipinski definition) is 1. The molecule has 0 aliphatic carbocycles. The molecule has 0 aliphatic heterocycles. The van der Waals surface area contributed by atoms with Gasteiger partial charge in [-0.2, -0.15) is 5.10 Å². The van der Waals surface area contributed by atoms with Crippen LogP contribution in [0.2, 0.25) is 0 Å². The van der Waals surface area contributed by atoms with Crippen molar-refractivity contribution in [3.8, 4) is 5.75 Å².